The average molecular weight is 312 g/mol. The SMILES string of the molecule is Cc1cnc(CNC(=O)c2ccc3nc(C)c(C)nc3c2)s1. The van der Waals surface area contributed by atoms with E-state index in [2.05, 4.69) is 20.3 Å². The molecule has 0 saturated carbocycles. The van der Waals surface area contributed by atoms with E-state index >= 15 is 0 Å². The zero-order valence-corrected chi connectivity index (χ0v) is 13.5. The summed E-state index contributed by atoms with van der Waals surface area (Å²) in [6.07, 6.45) is 1.81. The van der Waals surface area contributed by atoms with Gasteiger partial charge in [0.15, 0.2) is 0 Å². The molecular weight excluding hydrogens is 296 g/mol. The Morgan fingerprint density at radius 1 is 1.14 bits per heavy atom. The Balaban J connectivity index is 1.80. The van der Waals surface area contributed by atoms with Crippen LogP contribution in [-0.2, 0) is 6.54 Å². The first-order valence-corrected chi connectivity index (χ1v) is 7.79. The minimum absolute atomic E-state index is 0.130. The minimum Gasteiger partial charge on any atom is -0.346 e. The van der Waals surface area contributed by atoms with Crippen molar-refractivity contribution in [1.82, 2.24) is 20.3 Å². The van der Waals surface area contributed by atoms with Crippen LogP contribution in [0.4, 0.5) is 0 Å². The summed E-state index contributed by atoms with van der Waals surface area (Å²) in [5.74, 6) is -0.130. The van der Waals surface area contributed by atoms with Gasteiger partial charge in [-0.25, -0.2) is 15.0 Å². The molecule has 0 fully saturated rings. The van der Waals surface area contributed by atoms with E-state index in [1.807, 2.05) is 33.0 Å². The first kappa shape index (κ1) is 14.6. The summed E-state index contributed by atoms with van der Waals surface area (Å²) < 4.78 is 0. The van der Waals surface area contributed by atoms with Crippen LogP contribution >= 0.6 is 11.3 Å². The Hall–Kier alpha value is -2.34. The molecule has 0 aliphatic rings. The zero-order valence-electron chi connectivity index (χ0n) is 12.7. The van der Waals surface area contributed by atoms with Gasteiger partial charge in [-0.05, 0) is 39.0 Å². The number of aromatic nitrogens is 3. The van der Waals surface area contributed by atoms with Crippen molar-refractivity contribution < 1.29 is 4.79 Å². The normalized spacial score (nSPS) is 10.9. The van der Waals surface area contributed by atoms with Gasteiger partial charge in [0.1, 0.15) is 5.01 Å². The molecule has 112 valence electrons. The van der Waals surface area contributed by atoms with Crippen LogP contribution in [-0.4, -0.2) is 20.9 Å². The van der Waals surface area contributed by atoms with Crippen LogP contribution in [0.25, 0.3) is 11.0 Å². The van der Waals surface area contributed by atoms with Crippen LogP contribution in [0.2, 0.25) is 0 Å². The third-order valence-corrected chi connectivity index (χ3v) is 4.32. The van der Waals surface area contributed by atoms with Crippen LogP contribution in [0.5, 0.6) is 0 Å². The van der Waals surface area contributed by atoms with E-state index in [0.29, 0.717) is 12.1 Å². The van der Waals surface area contributed by atoms with E-state index in [1.165, 1.54) is 0 Å². The van der Waals surface area contributed by atoms with Crippen LogP contribution < -0.4 is 5.32 Å². The second-order valence-electron chi connectivity index (χ2n) is 5.15. The summed E-state index contributed by atoms with van der Waals surface area (Å²) in [6, 6.07) is 5.38. The van der Waals surface area contributed by atoms with Crippen LogP contribution in [0.1, 0.15) is 31.6 Å². The van der Waals surface area contributed by atoms with Gasteiger partial charge in [0.05, 0.1) is 29.0 Å². The fourth-order valence-electron chi connectivity index (χ4n) is 2.11. The molecule has 5 nitrogen and oxygen atoms in total. The molecule has 1 N–H and O–H groups in total. The smallest absolute Gasteiger partial charge is 0.251 e. The van der Waals surface area contributed by atoms with Crippen molar-refractivity contribution in [3.63, 3.8) is 0 Å². The van der Waals surface area contributed by atoms with Crippen molar-refractivity contribution in [2.24, 2.45) is 0 Å². The van der Waals surface area contributed by atoms with E-state index in [9.17, 15) is 4.79 Å². The highest BCUT2D eigenvalue weighted by Crippen LogP contribution is 2.15. The second kappa shape index (κ2) is 5.81. The van der Waals surface area contributed by atoms with Gasteiger partial charge in [0.2, 0.25) is 0 Å². The maximum atomic E-state index is 12.2. The molecule has 0 spiro atoms. The van der Waals surface area contributed by atoms with Crippen molar-refractivity contribution in [3.8, 4) is 0 Å². The molecule has 2 heterocycles. The maximum Gasteiger partial charge on any atom is 0.251 e. The molecule has 0 aliphatic heterocycles. The molecule has 0 bridgehead atoms. The number of carbonyl (C=O) groups excluding carboxylic acids is 1. The third-order valence-electron chi connectivity index (χ3n) is 3.41. The van der Waals surface area contributed by atoms with Crippen molar-refractivity contribution in [3.05, 3.63) is 51.2 Å². The number of hydrogen-bond donors (Lipinski definition) is 1. The lowest BCUT2D eigenvalue weighted by Crippen LogP contribution is -2.22. The van der Waals surface area contributed by atoms with E-state index < -0.39 is 0 Å². The second-order valence-corrected chi connectivity index (χ2v) is 6.46. The summed E-state index contributed by atoms with van der Waals surface area (Å²) in [5, 5.41) is 3.78. The summed E-state index contributed by atoms with van der Waals surface area (Å²) in [7, 11) is 0. The van der Waals surface area contributed by atoms with Gasteiger partial charge in [-0.3, -0.25) is 4.79 Å². The van der Waals surface area contributed by atoms with Gasteiger partial charge in [-0.15, -0.1) is 11.3 Å². The zero-order chi connectivity index (χ0) is 15.7. The van der Waals surface area contributed by atoms with E-state index in [-0.39, 0.29) is 5.91 Å². The molecule has 3 rings (SSSR count). The first-order chi connectivity index (χ1) is 10.5. The predicted octanol–water partition coefficient (Wildman–Crippen LogP) is 2.94. The van der Waals surface area contributed by atoms with Crippen LogP contribution in [0, 0.1) is 20.8 Å². The number of fused-ring (bicyclic) bond motifs is 1. The van der Waals surface area contributed by atoms with Gasteiger partial charge in [0.25, 0.3) is 5.91 Å². The molecule has 2 aromatic heterocycles. The third kappa shape index (κ3) is 2.96. The number of nitrogens with one attached hydrogen (secondary N) is 1. The molecule has 0 unspecified atom stereocenters. The Morgan fingerprint density at radius 3 is 2.55 bits per heavy atom. The number of hydrogen-bond acceptors (Lipinski definition) is 5. The molecule has 1 amide bonds. The van der Waals surface area contributed by atoms with Crippen LogP contribution in [0.15, 0.2) is 24.4 Å². The number of amides is 1. The fraction of sp³-hybridized carbons (Fsp3) is 0.250. The highest BCUT2D eigenvalue weighted by Gasteiger charge is 2.09. The Morgan fingerprint density at radius 2 is 1.86 bits per heavy atom. The lowest BCUT2D eigenvalue weighted by atomic mass is 10.1. The molecule has 3 aromatic rings. The van der Waals surface area contributed by atoms with Crippen molar-refractivity contribution in [1.29, 1.82) is 0 Å². The van der Waals surface area contributed by atoms with Gasteiger partial charge >= 0.3 is 0 Å². The Labute approximate surface area is 132 Å². The molecular formula is C16H16N4OS. The highest BCUT2D eigenvalue weighted by molar-refractivity contribution is 7.11. The van der Waals surface area contributed by atoms with Crippen molar-refractivity contribution >= 4 is 28.3 Å². The van der Waals surface area contributed by atoms with Crippen molar-refractivity contribution in [2.75, 3.05) is 0 Å². The fourth-order valence-corrected chi connectivity index (χ4v) is 2.84. The standard InChI is InChI=1S/C16H16N4OS/c1-9-7-17-15(22-9)8-18-16(21)12-4-5-13-14(6-12)20-11(3)10(2)19-13/h4-7H,8H2,1-3H3,(H,18,21). The largest absolute Gasteiger partial charge is 0.346 e. The first-order valence-electron chi connectivity index (χ1n) is 6.97. The summed E-state index contributed by atoms with van der Waals surface area (Å²) in [5.41, 5.74) is 3.90. The summed E-state index contributed by atoms with van der Waals surface area (Å²) >= 11 is 1.58. The number of aryl methyl sites for hydroxylation is 3. The number of thiazole rings is 1. The van der Waals surface area contributed by atoms with Gasteiger partial charge in [0, 0.05) is 16.6 Å². The molecule has 0 atom stereocenters. The van der Waals surface area contributed by atoms with Crippen LogP contribution in [0.3, 0.4) is 0 Å². The summed E-state index contributed by atoms with van der Waals surface area (Å²) in [4.78, 5) is 26.6. The van der Waals surface area contributed by atoms with Crippen molar-refractivity contribution in [2.45, 2.75) is 27.3 Å². The Bertz CT molecular complexity index is 856. The molecule has 6 heteroatoms. The Kier molecular flexibility index (Phi) is 3.85. The quantitative estimate of drug-likeness (QED) is 0.807. The average Bonchev–Trinajstić information content (AvgIpc) is 2.91. The van der Waals surface area contributed by atoms with E-state index in [1.54, 1.807) is 23.5 Å². The number of benzene rings is 1. The monoisotopic (exact) mass is 312 g/mol. The van der Waals surface area contributed by atoms with E-state index in [4.69, 9.17) is 0 Å². The minimum atomic E-state index is -0.130. The number of carbonyl (C=O) groups is 1. The summed E-state index contributed by atoms with van der Waals surface area (Å²) in [6.45, 7) is 6.28. The lowest BCUT2D eigenvalue weighted by Gasteiger charge is -2.06. The topological polar surface area (TPSA) is 67.8 Å². The predicted molar refractivity (Wildman–Crippen MR) is 87.0 cm³/mol. The maximum absolute atomic E-state index is 12.2. The van der Waals surface area contributed by atoms with Gasteiger partial charge < -0.3 is 5.32 Å². The highest BCUT2D eigenvalue weighted by atomic mass is 32.1. The van der Waals surface area contributed by atoms with Gasteiger partial charge in [-0.2, -0.15) is 0 Å². The molecule has 0 radical (unpaired) electrons. The van der Waals surface area contributed by atoms with E-state index in [0.717, 1.165) is 32.3 Å². The molecule has 1 aromatic carbocycles. The molecule has 22 heavy (non-hydrogen) atoms. The lowest BCUT2D eigenvalue weighted by molar-refractivity contribution is 0.0951. The molecule has 0 saturated heterocycles. The number of nitrogens with zero attached hydrogens (tertiary/aromatic N) is 3. The number of rotatable bonds is 3. The van der Waals surface area contributed by atoms with Gasteiger partial charge in [-0.1, -0.05) is 0 Å². The molecule has 0 aliphatic carbocycles.